The molecule has 1 heterocycles. The van der Waals surface area contributed by atoms with Crippen LogP contribution in [0.5, 0.6) is 5.75 Å². The summed E-state index contributed by atoms with van der Waals surface area (Å²) in [7, 11) is 1.50. The van der Waals surface area contributed by atoms with Gasteiger partial charge in [-0.3, -0.25) is 4.98 Å². The van der Waals surface area contributed by atoms with E-state index < -0.39 is 0 Å². The molecule has 0 aliphatic heterocycles. The molecule has 0 atom stereocenters. The molecule has 5 heteroatoms. The summed E-state index contributed by atoms with van der Waals surface area (Å²) in [5, 5.41) is 0.773. The Morgan fingerprint density at radius 3 is 2.57 bits per heavy atom. The second-order valence-electron chi connectivity index (χ2n) is 6.26. The second kappa shape index (κ2) is 11.3. The normalized spacial score (nSPS) is 10.1. The van der Waals surface area contributed by atoms with Crippen LogP contribution in [0, 0.1) is 0 Å². The molecule has 2 aromatic carbocycles. The molecular weight excluding hydrogens is 370 g/mol. The Morgan fingerprint density at radius 1 is 1.00 bits per heavy atom. The molecule has 0 fully saturated rings. The van der Waals surface area contributed by atoms with Gasteiger partial charge in [0.2, 0.25) is 0 Å². The molecule has 0 aliphatic rings. The average Bonchev–Trinajstić information content (AvgIpc) is 2.73. The zero-order chi connectivity index (χ0) is 20.4. The van der Waals surface area contributed by atoms with Gasteiger partial charge in [0.05, 0.1) is 12.8 Å². The Hall–Kier alpha value is -2.56. The van der Waals surface area contributed by atoms with Crippen molar-refractivity contribution in [3.63, 3.8) is 0 Å². The summed E-state index contributed by atoms with van der Waals surface area (Å²) in [6.45, 7) is 2.74. The number of anilines is 1. The number of rotatable bonds is 7. The fraction of sp³-hybridized carbons (Fsp3) is 0.261. The van der Waals surface area contributed by atoms with Crippen molar-refractivity contribution < 1.29 is 4.74 Å². The lowest BCUT2D eigenvalue weighted by Gasteiger charge is -2.10. The maximum atomic E-state index is 6.01. The van der Waals surface area contributed by atoms with Crippen molar-refractivity contribution in [1.82, 2.24) is 4.98 Å². The van der Waals surface area contributed by atoms with Crippen molar-refractivity contribution in [2.75, 3.05) is 19.4 Å². The van der Waals surface area contributed by atoms with Crippen LogP contribution in [-0.2, 0) is 12.8 Å². The molecule has 0 saturated carbocycles. The highest BCUT2D eigenvalue weighted by Gasteiger charge is 2.05. The Bertz CT molecular complexity index is 883. The van der Waals surface area contributed by atoms with E-state index in [0.29, 0.717) is 6.61 Å². The van der Waals surface area contributed by atoms with Gasteiger partial charge in [-0.1, -0.05) is 36.7 Å². The fourth-order valence-electron chi connectivity index (χ4n) is 2.91. The second-order valence-corrected chi connectivity index (χ2v) is 6.69. The van der Waals surface area contributed by atoms with Crippen LogP contribution in [0.2, 0.25) is 5.02 Å². The van der Waals surface area contributed by atoms with E-state index in [0.717, 1.165) is 52.4 Å². The van der Waals surface area contributed by atoms with E-state index in [-0.39, 0.29) is 0 Å². The third kappa shape index (κ3) is 6.25. The number of pyridine rings is 1. The summed E-state index contributed by atoms with van der Waals surface area (Å²) in [6.07, 6.45) is 6.37. The largest absolute Gasteiger partial charge is 0.492 e. The molecule has 148 valence electrons. The van der Waals surface area contributed by atoms with Crippen LogP contribution in [0.1, 0.15) is 24.5 Å². The summed E-state index contributed by atoms with van der Waals surface area (Å²) in [4.78, 5) is 4.31. The van der Waals surface area contributed by atoms with Gasteiger partial charge in [0, 0.05) is 22.5 Å². The molecule has 0 radical (unpaired) electrons. The van der Waals surface area contributed by atoms with Gasteiger partial charge in [0.1, 0.15) is 5.75 Å². The van der Waals surface area contributed by atoms with Gasteiger partial charge in [0.15, 0.2) is 0 Å². The first kappa shape index (κ1) is 21.7. The lowest BCUT2D eigenvalue weighted by atomic mass is 10.0. The van der Waals surface area contributed by atoms with E-state index >= 15 is 0 Å². The molecule has 3 aromatic rings. The minimum atomic E-state index is 0.638. The molecule has 0 amide bonds. The zero-order valence-electron chi connectivity index (χ0n) is 16.5. The molecule has 28 heavy (non-hydrogen) atoms. The zero-order valence-corrected chi connectivity index (χ0v) is 17.2. The third-order valence-corrected chi connectivity index (χ3v) is 4.57. The first-order valence-electron chi connectivity index (χ1n) is 9.44. The van der Waals surface area contributed by atoms with Gasteiger partial charge < -0.3 is 16.2 Å². The minimum absolute atomic E-state index is 0.638. The number of benzene rings is 2. The SMILES string of the molecule is CCc1cc(-c2cncc(OCCCc3cccc(Cl)c3)c2)ccc1N.CN. The average molecular weight is 398 g/mol. The maximum Gasteiger partial charge on any atom is 0.138 e. The van der Waals surface area contributed by atoms with Gasteiger partial charge in [-0.05, 0) is 73.3 Å². The predicted molar refractivity (Wildman–Crippen MR) is 119 cm³/mol. The number of aryl methyl sites for hydroxylation is 2. The summed E-state index contributed by atoms with van der Waals surface area (Å²) >= 11 is 6.01. The first-order valence-corrected chi connectivity index (χ1v) is 9.82. The number of halogens is 1. The molecule has 1 aromatic heterocycles. The number of nitrogens with two attached hydrogens (primary N) is 2. The molecule has 0 saturated heterocycles. The van der Waals surface area contributed by atoms with Crippen LogP contribution < -0.4 is 16.2 Å². The van der Waals surface area contributed by atoms with E-state index in [1.807, 2.05) is 42.6 Å². The maximum absolute atomic E-state index is 6.01. The summed E-state index contributed by atoms with van der Waals surface area (Å²) in [5.41, 5.74) is 15.8. The van der Waals surface area contributed by atoms with Crippen molar-refractivity contribution in [2.24, 2.45) is 5.73 Å². The van der Waals surface area contributed by atoms with E-state index in [4.69, 9.17) is 22.1 Å². The molecule has 0 spiro atoms. The van der Waals surface area contributed by atoms with Crippen LogP contribution >= 0.6 is 11.6 Å². The third-order valence-electron chi connectivity index (χ3n) is 4.34. The van der Waals surface area contributed by atoms with E-state index in [1.54, 1.807) is 6.20 Å². The topological polar surface area (TPSA) is 74.2 Å². The highest BCUT2D eigenvalue weighted by molar-refractivity contribution is 6.30. The quantitative estimate of drug-likeness (QED) is 0.428. The van der Waals surface area contributed by atoms with Gasteiger partial charge in [-0.15, -0.1) is 0 Å². The van der Waals surface area contributed by atoms with Crippen molar-refractivity contribution >= 4 is 17.3 Å². The lowest BCUT2D eigenvalue weighted by Crippen LogP contribution is -2.00. The number of hydrogen-bond donors (Lipinski definition) is 2. The van der Waals surface area contributed by atoms with Crippen molar-refractivity contribution in [1.29, 1.82) is 0 Å². The van der Waals surface area contributed by atoms with Gasteiger partial charge in [-0.2, -0.15) is 0 Å². The number of aromatic nitrogens is 1. The predicted octanol–water partition coefficient (Wildman–Crippen LogP) is 5.13. The Balaban J connectivity index is 0.00000136. The highest BCUT2D eigenvalue weighted by Crippen LogP contribution is 2.26. The van der Waals surface area contributed by atoms with Crippen LogP contribution in [0.25, 0.3) is 11.1 Å². The van der Waals surface area contributed by atoms with E-state index in [9.17, 15) is 0 Å². The van der Waals surface area contributed by atoms with Crippen molar-refractivity contribution in [3.8, 4) is 16.9 Å². The van der Waals surface area contributed by atoms with Crippen LogP contribution in [0.3, 0.4) is 0 Å². The minimum Gasteiger partial charge on any atom is -0.492 e. The molecule has 0 aliphatic carbocycles. The monoisotopic (exact) mass is 397 g/mol. The standard InChI is InChI=1S/C22H23ClN2O.CH5N/c1-2-17-12-18(8-9-22(17)24)19-13-21(15-25-14-19)26-10-4-6-16-5-3-7-20(23)11-16;1-2/h3,5,7-9,11-15H,2,4,6,10,24H2,1H3;2H2,1H3. The van der Waals surface area contributed by atoms with Crippen LogP contribution in [0.15, 0.2) is 60.9 Å². The molecular formula is C23H28ClN3O. The number of nitrogens with zero attached hydrogens (tertiary/aromatic N) is 1. The van der Waals surface area contributed by atoms with Crippen LogP contribution in [0.4, 0.5) is 5.69 Å². The Labute approximate surface area is 172 Å². The number of nitrogen functional groups attached to an aromatic ring is 1. The van der Waals surface area contributed by atoms with Crippen molar-refractivity contribution in [3.05, 3.63) is 77.1 Å². The molecule has 0 bridgehead atoms. The molecule has 4 N–H and O–H groups in total. The summed E-state index contributed by atoms with van der Waals surface area (Å²) in [6, 6.07) is 16.1. The highest BCUT2D eigenvalue weighted by atomic mass is 35.5. The first-order chi connectivity index (χ1) is 13.7. The lowest BCUT2D eigenvalue weighted by molar-refractivity contribution is 0.310. The summed E-state index contributed by atoms with van der Waals surface area (Å²) in [5.74, 6) is 0.781. The molecule has 0 unspecified atom stereocenters. The van der Waals surface area contributed by atoms with E-state index in [2.05, 4.69) is 29.8 Å². The van der Waals surface area contributed by atoms with Gasteiger partial charge in [-0.25, -0.2) is 0 Å². The Morgan fingerprint density at radius 2 is 1.82 bits per heavy atom. The van der Waals surface area contributed by atoms with Crippen molar-refractivity contribution in [2.45, 2.75) is 26.2 Å². The number of ether oxygens (including phenoxy) is 1. The number of hydrogen-bond acceptors (Lipinski definition) is 4. The molecule has 3 rings (SSSR count). The fourth-order valence-corrected chi connectivity index (χ4v) is 3.12. The molecule has 4 nitrogen and oxygen atoms in total. The van der Waals surface area contributed by atoms with Gasteiger partial charge >= 0.3 is 0 Å². The van der Waals surface area contributed by atoms with Gasteiger partial charge in [0.25, 0.3) is 0 Å². The smallest absolute Gasteiger partial charge is 0.138 e. The van der Waals surface area contributed by atoms with E-state index in [1.165, 1.54) is 12.6 Å². The van der Waals surface area contributed by atoms with Crippen LogP contribution in [-0.4, -0.2) is 18.6 Å². The summed E-state index contributed by atoms with van der Waals surface area (Å²) < 4.78 is 5.88. The Kier molecular flexibility index (Phi) is 8.79.